The Bertz CT molecular complexity index is 655. The standard InChI is InChI=1S/C12H7BrN2OS/c13-10-3-1-9-6-11(4-2-8(9)5-10)16-12-15-14-7-17-12/h1-7H. The molecule has 0 aliphatic heterocycles. The highest BCUT2D eigenvalue weighted by Crippen LogP contribution is 2.27. The quantitative estimate of drug-likeness (QED) is 0.710. The first kappa shape index (κ1) is 10.7. The Labute approximate surface area is 110 Å². The van der Waals surface area contributed by atoms with E-state index in [2.05, 4.69) is 32.2 Å². The Morgan fingerprint density at radius 1 is 1.06 bits per heavy atom. The molecule has 0 aliphatic carbocycles. The first-order chi connectivity index (χ1) is 8.31. The van der Waals surface area contributed by atoms with E-state index in [1.807, 2.05) is 30.3 Å². The molecule has 17 heavy (non-hydrogen) atoms. The summed E-state index contributed by atoms with van der Waals surface area (Å²) in [6.07, 6.45) is 0. The first-order valence-corrected chi connectivity index (χ1v) is 6.62. The summed E-state index contributed by atoms with van der Waals surface area (Å²) < 4.78 is 6.66. The van der Waals surface area contributed by atoms with Gasteiger partial charge in [-0.05, 0) is 35.0 Å². The fourth-order valence-corrected chi connectivity index (χ4v) is 2.37. The molecule has 2 aromatic carbocycles. The molecule has 3 rings (SSSR count). The molecular weight excluding hydrogens is 300 g/mol. The van der Waals surface area contributed by atoms with E-state index in [-0.39, 0.29) is 0 Å². The second kappa shape index (κ2) is 4.43. The topological polar surface area (TPSA) is 35.0 Å². The summed E-state index contributed by atoms with van der Waals surface area (Å²) in [7, 11) is 0. The lowest BCUT2D eigenvalue weighted by molar-refractivity contribution is 0.474. The SMILES string of the molecule is Brc1ccc2cc(Oc3nncs3)ccc2c1. The number of hydrogen-bond donors (Lipinski definition) is 0. The van der Waals surface area contributed by atoms with Crippen molar-refractivity contribution in [3.8, 4) is 10.9 Å². The predicted molar refractivity (Wildman–Crippen MR) is 71.6 cm³/mol. The molecule has 5 heteroatoms. The molecule has 1 aromatic heterocycles. The number of benzene rings is 2. The molecule has 0 atom stereocenters. The average Bonchev–Trinajstić information content (AvgIpc) is 2.82. The molecule has 84 valence electrons. The van der Waals surface area contributed by atoms with Crippen LogP contribution in [0, 0.1) is 0 Å². The molecular formula is C12H7BrN2OS. The molecule has 0 saturated carbocycles. The van der Waals surface area contributed by atoms with Crippen LogP contribution in [0.25, 0.3) is 10.8 Å². The normalized spacial score (nSPS) is 10.6. The zero-order valence-electron chi connectivity index (χ0n) is 8.63. The van der Waals surface area contributed by atoms with Crippen LogP contribution >= 0.6 is 27.3 Å². The van der Waals surface area contributed by atoms with Crippen molar-refractivity contribution < 1.29 is 4.74 Å². The van der Waals surface area contributed by atoms with Crippen LogP contribution in [-0.4, -0.2) is 10.2 Å². The van der Waals surface area contributed by atoms with Crippen molar-refractivity contribution in [3.63, 3.8) is 0 Å². The minimum Gasteiger partial charge on any atom is -0.430 e. The highest BCUT2D eigenvalue weighted by molar-refractivity contribution is 9.10. The minimum atomic E-state index is 0.557. The number of hydrogen-bond acceptors (Lipinski definition) is 4. The van der Waals surface area contributed by atoms with Crippen molar-refractivity contribution >= 4 is 38.0 Å². The summed E-state index contributed by atoms with van der Waals surface area (Å²) in [5.74, 6) is 0.775. The maximum Gasteiger partial charge on any atom is 0.299 e. The van der Waals surface area contributed by atoms with Gasteiger partial charge in [0.1, 0.15) is 11.3 Å². The third kappa shape index (κ3) is 2.30. The second-order valence-corrected chi connectivity index (χ2v) is 5.17. The Hall–Kier alpha value is -1.46. The molecule has 0 fully saturated rings. The van der Waals surface area contributed by atoms with E-state index in [0.717, 1.165) is 15.6 Å². The highest BCUT2D eigenvalue weighted by Gasteiger charge is 2.02. The second-order valence-electron chi connectivity index (χ2n) is 3.46. The van der Waals surface area contributed by atoms with Crippen molar-refractivity contribution in [2.24, 2.45) is 0 Å². The van der Waals surface area contributed by atoms with E-state index < -0.39 is 0 Å². The van der Waals surface area contributed by atoms with Crippen molar-refractivity contribution in [1.82, 2.24) is 10.2 Å². The number of nitrogens with zero attached hydrogens (tertiary/aromatic N) is 2. The van der Waals surface area contributed by atoms with Crippen LogP contribution in [0.5, 0.6) is 10.9 Å². The summed E-state index contributed by atoms with van der Waals surface area (Å²) in [5, 5.41) is 10.4. The molecule has 0 saturated heterocycles. The van der Waals surface area contributed by atoms with Crippen molar-refractivity contribution in [1.29, 1.82) is 0 Å². The van der Waals surface area contributed by atoms with Gasteiger partial charge in [0.15, 0.2) is 0 Å². The maximum atomic E-state index is 5.59. The lowest BCUT2D eigenvalue weighted by Gasteiger charge is -2.03. The number of rotatable bonds is 2. The van der Waals surface area contributed by atoms with E-state index >= 15 is 0 Å². The Kier molecular flexibility index (Phi) is 2.78. The summed E-state index contributed by atoms with van der Waals surface area (Å²) in [6, 6.07) is 12.1. The molecule has 0 spiro atoms. The molecule has 0 amide bonds. The Morgan fingerprint density at radius 2 is 1.88 bits per heavy atom. The highest BCUT2D eigenvalue weighted by atomic mass is 79.9. The zero-order valence-corrected chi connectivity index (χ0v) is 11.0. The lowest BCUT2D eigenvalue weighted by atomic mass is 10.1. The third-order valence-corrected chi connectivity index (χ3v) is 3.38. The van der Waals surface area contributed by atoms with Crippen molar-refractivity contribution in [3.05, 3.63) is 46.4 Å². The molecule has 3 nitrogen and oxygen atoms in total. The van der Waals surface area contributed by atoms with Crippen molar-refractivity contribution in [2.45, 2.75) is 0 Å². The van der Waals surface area contributed by atoms with Gasteiger partial charge in [-0.1, -0.05) is 44.5 Å². The van der Waals surface area contributed by atoms with Gasteiger partial charge >= 0.3 is 0 Å². The van der Waals surface area contributed by atoms with Gasteiger partial charge in [-0.15, -0.1) is 5.10 Å². The molecule has 0 unspecified atom stereocenters. The molecule has 3 aromatic rings. The zero-order chi connectivity index (χ0) is 11.7. The van der Waals surface area contributed by atoms with Gasteiger partial charge in [0, 0.05) is 4.47 Å². The van der Waals surface area contributed by atoms with Gasteiger partial charge in [-0.2, -0.15) is 0 Å². The maximum absolute atomic E-state index is 5.59. The summed E-state index contributed by atoms with van der Waals surface area (Å²) in [5.41, 5.74) is 1.65. The van der Waals surface area contributed by atoms with E-state index in [9.17, 15) is 0 Å². The summed E-state index contributed by atoms with van der Waals surface area (Å²) in [4.78, 5) is 0. The first-order valence-electron chi connectivity index (χ1n) is 4.94. The monoisotopic (exact) mass is 306 g/mol. The van der Waals surface area contributed by atoms with Gasteiger partial charge in [-0.25, -0.2) is 0 Å². The fraction of sp³-hybridized carbons (Fsp3) is 0. The van der Waals surface area contributed by atoms with Gasteiger partial charge < -0.3 is 4.74 Å². The molecule has 0 N–H and O–H groups in total. The van der Waals surface area contributed by atoms with E-state index in [0.29, 0.717) is 5.19 Å². The van der Waals surface area contributed by atoms with Crippen LogP contribution in [0.4, 0.5) is 0 Å². The largest absolute Gasteiger partial charge is 0.430 e. The van der Waals surface area contributed by atoms with Gasteiger partial charge in [0.25, 0.3) is 5.19 Å². The Morgan fingerprint density at radius 3 is 2.71 bits per heavy atom. The summed E-state index contributed by atoms with van der Waals surface area (Å²) in [6.45, 7) is 0. The fourth-order valence-electron chi connectivity index (χ4n) is 1.57. The van der Waals surface area contributed by atoms with Crippen molar-refractivity contribution in [2.75, 3.05) is 0 Å². The van der Waals surface area contributed by atoms with E-state index in [1.165, 1.54) is 16.7 Å². The van der Waals surface area contributed by atoms with Crippen LogP contribution in [0.15, 0.2) is 46.4 Å². The van der Waals surface area contributed by atoms with Gasteiger partial charge in [-0.3, -0.25) is 0 Å². The summed E-state index contributed by atoms with van der Waals surface area (Å²) >= 11 is 4.83. The van der Waals surface area contributed by atoms with E-state index in [4.69, 9.17) is 4.74 Å². The van der Waals surface area contributed by atoms with Crippen LogP contribution < -0.4 is 4.74 Å². The van der Waals surface area contributed by atoms with Crippen LogP contribution in [0.2, 0.25) is 0 Å². The number of ether oxygens (including phenoxy) is 1. The average molecular weight is 307 g/mol. The predicted octanol–water partition coefficient (Wildman–Crippen LogP) is 4.25. The van der Waals surface area contributed by atoms with Gasteiger partial charge in [0.05, 0.1) is 0 Å². The third-order valence-electron chi connectivity index (χ3n) is 2.32. The minimum absolute atomic E-state index is 0.557. The number of halogens is 1. The molecule has 0 bridgehead atoms. The van der Waals surface area contributed by atoms with Crippen LogP contribution in [-0.2, 0) is 0 Å². The smallest absolute Gasteiger partial charge is 0.299 e. The number of fused-ring (bicyclic) bond motifs is 1. The Balaban J connectivity index is 1.99. The van der Waals surface area contributed by atoms with Gasteiger partial charge in [0.2, 0.25) is 0 Å². The number of aromatic nitrogens is 2. The lowest BCUT2D eigenvalue weighted by Crippen LogP contribution is -1.83. The van der Waals surface area contributed by atoms with E-state index in [1.54, 1.807) is 5.51 Å². The molecule has 1 heterocycles. The van der Waals surface area contributed by atoms with Crippen LogP contribution in [0.3, 0.4) is 0 Å². The van der Waals surface area contributed by atoms with Crippen LogP contribution in [0.1, 0.15) is 0 Å². The molecule has 0 aliphatic rings. The molecule has 0 radical (unpaired) electrons.